The Hall–Kier alpha value is -2.44. The van der Waals surface area contributed by atoms with Gasteiger partial charge in [-0.2, -0.15) is 0 Å². The summed E-state index contributed by atoms with van der Waals surface area (Å²) in [6.45, 7) is 0. The second kappa shape index (κ2) is 5.89. The van der Waals surface area contributed by atoms with Crippen molar-refractivity contribution in [3.63, 3.8) is 0 Å². The normalized spacial score (nSPS) is 16.5. The van der Waals surface area contributed by atoms with Crippen LogP contribution in [0.3, 0.4) is 0 Å². The molecule has 1 aliphatic rings. The Bertz CT molecular complexity index is 969. The number of benzene rings is 2. The molecule has 4 rings (SSSR count). The second-order valence-electron chi connectivity index (χ2n) is 5.37. The Morgan fingerprint density at radius 1 is 1.17 bits per heavy atom. The molecule has 0 saturated carbocycles. The number of anilines is 1. The number of aromatic nitrogens is 1. The average Bonchev–Trinajstić information content (AvgIpc) is 2.98. The van der Waals surface area contributed by atoms with Crippen LogP contribution in [0.15, 0.2) is 53.4 Å². The van der Waals surface area contributed by atoms with Crippen molar-refractivity contribution in [1.82, 2.24) is 10.3 Å². The first-order valence-corrected chi connectivity index (χ1v) is 8.51. The van der Waals surface area contributed by atoms with Gasteiger partial charge in [-0.05, 0) is 36.4 Å². The molecule has 120 valence electrons. The molecule has 0 bridgehead atoms. The number of halogens is 1. The first-order chi connectivity index (χ1) is 11.6. The highest BCUT2D eigenvalue weighted by atomic mass is 35.5. The zero-order valence-electron chi connectivity index (χ0n) is 12.3. The summed E-state index contributed by atoms with van der Waals surface area (Å²) in [5.74, 6) is -0.583. The van der Waals surface area contributed by atoms with Crippen molar-refractivity contribution in [3.05, 3.63) is 59.2 Å². The maximum atomic E-state index is 12.5. The van der Waals surface area contributed by atoms with Gasteiger partial charge in [0.1, 0.15) is 5.69 Å². The molecule has 0 spiro atoms. The lowest BCUT2D eigenvalue weighted by Gasteiger charge is -2.24. The molecule has 1 atom stereocenters. The zero-order chi connectivity index (χ0) is 16.7. The van der Waals surface area contributed by atoms with Crippen molar-refractivity contribution in [2.45, 2.75) is 10.3 Å². The lowest BCUT2D eigenvalue weighted by atomic mass is 10.2. The highest BCUT2D eigenvalue weighted by molar-refractivity contribution is 8.01. The molecule has 1 aliphatic heterocycles. The monoisotopic (exact) mass is 357 g/mol. The third kappa shape index (κ3) is 2.74. The molecule has 1 unspecified atom stereocenters. The van der Waals surface area contributed by atoms with Crippen molar-refractivity contribution in [1.29, 1.82) is 0 Å². The van der Waals surface area contributed by atoms with Crippen LogP contribution in [0.5, 0.6) is 0 Å². The average molecular weight is 358 g/mol. The van der Waals surface area contributed by atoms with Gasteiger partial charge in [0.05, 0.1) is 5.69 Å². The van der Waals surface area contributed by atoms with Crippen molar-refractivity contribution in [3.8, 4) is 0 Å². The van der Waals surface area contributed by atoms with Gasteiger partial charge < -0.3 is 15.6 Å². The topological polar surface area (TPSA) is 74.0 Å². The Kier molecular flexibility index (Phi) is 3.70. The van der Waals surface area contributed by atoms with Crippen LogP contribution < -0.4 is 10.6 Å². The molecule has 0 radical (unpaired) electrons. The number of aromatic amines is 1. The molecule has 0 aliphatic carbocycles. The molecule has 2 amide bonds. The Labute approximate surface area is 146 Å². The highest BCUT2D eigenvalue weighted by Crippen LogP contribution is 2.34. The highest BCUT2D eigenvalue weighted by Gasteiger charge is 2.28. The number of hydrogen-bond donors (Lipinski definition) is 3. The molecule has 0 saturated heterocycles. The van der Waals surface area contributed by atoms with Gasteiger partial charge in [0.15, 0.2) is 5.37 Å². The summed E-state index contributed by atoms with van der Waals surface area (Å²) in [4.78, 5) is 28.6. The standard InChI is InChI=1S/C17H12ClN3O2S/c18-10-5-6-11-9(7-10)8-13(19-11)15(22)21-17-16(23)20-12-3-1-2-4-14(12)24-17/h1-8,17,19H,(H,20,23)(H,21,22). The van der Waals surface area contributed by atoms with E-state index in [1.54, 1.807) is 18.2 Å². The minimum Gasteiger partial charge on any atom is -0.351 e. The fourth-order valence-electron chi connectivity index (χ4n) is 2.57. The number of para-hydroxylation sites is 1. The van der Waals surface area contributed by atoms with E-state index in [1.165, 1.54) is 11.8 Å². The van der Waals surface area contributed by atoms with Gasteiger partial charge in [-0.15, -0.1) is 0 Å². The van der Waals surface area contributed by atoms with Gasteiger partial charge in [0, 0.05) is 20.8 Å². The fourth-order valence-corrected chi connectivity index (χ4v) is 3.74. The van der Waals surface area contributed by atoms with Crippen LogP contribution in [-0.2, 0) is 4.79 Å². The van der Waals surface area contributed by atoms with Crippen LogP contribution >= 0.6 is 23.4 Å². The molecular weight excluding hydrogens is 346 g/mol. The van der Waals surface area contributed by atoms with Crippen LogP contribution in [0, 0.1) is 0 Å². The Balaban J connectivity index is 1.56. The molecule has 0 fully saturated rings. The van der Waals surface area contributed by atoms with E-state index in [9.17, 15) is 9.59 Å². The summed E-state index contributed by atoms with van der Waals surface area (Å²) < 4.78 is 0. The quantitative estimate of drug-likeness (QED) is 0.655. The number of hydrogen-bond acceptors (Lipinski definition) is 3. The number of carbonyl (C=O) groups excluding carboxylic acids is 2. The summed E-state index contributed by atoms with van der Waals surface area (Å²) in [6, 6.07) is 14.6. The summed E-state index contributed by atoms with van der Waals surface area (Å²) >= 11 is 7.28. The molecule has 3 N–H and O–H groups in total. The first kappa shape index (κ1) is 15.1. The number of nitrogens with one attached hydrogen (secondary N) is 3. The van der Waals surface area contributed by atoms with Gasteiger partial charge in [-0.3, -0.25) is 9.59 Å². The smallest absolute Gasteiger partial charge is 0.269 e. The van der Waals surface area contributed by atoms with E-state index in [-0.39, 0.29) is 11.8 Å². The first-order valence-electron chi connectivity index (χ1n) is 7.26. The van der Waals surface area contributed by atoms with Crippen LogP contribution in [-0.4, -0.2) is 22.2 Å². The van der Waals surface area contributed by atoms with E-state index in [0.717, 1.165) is 21.5 Å². The number of carbonyl (C=O) groups is 2. The van der Waals surface area contributed by atoms with E-state index in [4.69, 9.17) is 11.6 Å². The molecular formula is C17H12ClN3O2S. The minimum atomic E-state index is -0.678. The molecule has 2 heterocycles. The molecule has 1 aromatic heterocycles. The van der Waals surface area contributed by atoms with E-state index in [2.05, 4.69) is 15.6 Å². The molecule has 3 aromatic rings. The summed E-state index contributed by atoms with van der Waals surface area (Å²) in [7, 11) is 0. The molecule has 2 aromatic carbocycles. The van der Waals surface area contributed by atoms with E-state index in [0.29, 0.717) is 10.7 Å². The minimum absolute atomic E-state index is 0.244. The SMILES string of the molecule is O=C(NC1Sc2ccccc2NC1=O)c1cc2cc(Cl)ccc2[nH]1. The number of rotatable bonds is 2. The van der Waals surface area contributed by atoms with Crippen molar-refractivity contribution in [2.75, 3.05) is 5.32 Å². The maximum Gasteiger partial charge on any atom is 0.269 e. The second-order valence-corrected chi connectivity index (χ2v) is 6.95. The van der Waals surface area contributed by atoms with Crippen LogP contribution in [0.2, 0.25) is 5.02 Å². The van der Waals surface area contributed by atoms with E-state index >= 15 is 0 Å². The lowest BCUT2D eigenvalue weighted by molar-refractivity contribution is -0.116. The largest absolute Gasteiger partial charge is 0.351 e. The predicted octanol–water partition coefficient (Wildman–Crippen LogP) is 3.62. The van der Waals surface area contributed by atoms with Crippen molar-refractivity contribution in [2.24, 2.45) is 0 Å². The predicted molar refractivity (Wildman–Crippen MR) is 95.5 cm³/mol. The fraction of sp³-hybridized carbons (Fsp3) is 0.0588. The van der Waals surface area contributed by atoms with Gasteiger partial charge in [0.25, 0.3) is 11.8 Å². The molecule has 24 heavy (non-hydrogen) atoms. The summed E-state index contributed by atoms with van der Waals surface area (Å²) in [5.41, 5.74) is 1.97. The third-order valence-corrected chi connectivity index (χ3v) is 5.13. The van der Waals surface area contributed by atoms with Crippen LogP contribution in [0.4, 0.5) is 5.69 Å². The Morgan fingerprint density at radius 2 is 2.00 bits per heavy atom. The van der Waals surface area contributed by atoms with Crippen molar-refractivity contribution < 1.29 is 9.59 Å². The number of H-pyrrole nitrogens is 1. The maximum absolute atomic E-state index is 12.5. The van der Waals surface area contributed by atoms with E-state index < -0.39 is 5.37 Å². The third-order valence-electron chi connectivity index (χ3n) is 3.72. The van der Waals surface area contributed by atoms with Gasteiger partial charge in [-0.25, -0.2) is 0 Å². The number of fused-ring (bicyclic) bond motifs is 2. The lowest BCUT2D eigenvalue weighted by Crippen LogP contribution is -2.43. The van der Waals surface area contributed by atoms with Gasteiger partial charge >= 0.3 is 0 Å². The van der Waals surface area contributed by atoms with Crippen LogP contribution in [0.1, 0.15) is 10.5 Å². The summed E-state index contributed by atoms with van der Waals surface area (Å²) in [5, 5.41) is 6.32. The van der Waals surface area contributed by atoms with Crippen LogP contribution in [0.25, 0.3) is 10.9 Å². The number of amides is 2. The van der Waals surface area contributed by atoms with Crippen molar-refractivity contribution >= 4 is 51.8 Å². The number of thioether (sulfide) groups is 1. The molecule has 7 heteroatoms. The summed E-state index contributed by atoms with van der Waals surface area (Å²) in [6.07, 6.45) is 0. The zero-order valence-corrected chi connectivity index (χ0v) is 13.9. The van der Waals surface area contributed by atoms with Gasteiger partial charge in [-0.1, -0.05) is 35.5 Å². The van der Waals surface area contributed by atoms with Gasteiger partial charge in [0.2, 0.25) is 0 Å². The van der Waals surface area contributed by atoms with E-state index in [1.807, 2.05) is 30.3 Å². The molecule has 5 nitrogen and oxygen atoms in total. The Morgan fingerprint density at radius 3 is 2.88 bits per heavy atom.